The van der Waals surface area contributed by atoms with Crippen molar-refractivity contribution in [2.75, 3.05) is 0 Å². The molecule has 0 fully saturated rings. The highest BCUT2D eigenvalue weighted by Crippen LogP contribution is 2.56. The first kappa shape index (κ1) is 26.8. The van der Waals surface area contributed by atoms with Crippen LogP contribution in [0.4, 0.5) is 26.3 Å². The van der Waals surface area contributed by atoms with Gasteiger partial charge in [-0.25, -0.2) is 0 Å². The van der Waals surface area contributed by atoms with Gasteiger partial charge in [0.25, 0.3) is 0 Å². The van der Waals surface area contributed by atoms with E-state index in [1.165, 1.54) is 24.6 Å². The van der Waals surface area contributed by atoms with Gasteiger partial charge in [-0.2, -0.15) is 26.3 Å². The van der Waals surface area contributed by atoms with E-state index in [4.69, 9.17) is 0 Å². The first-order valence-electron chi connectivity index (χ1n) is 11.5. The van der Waals surface area contributed by atoms with E-state index in [9.17, 15) is 26.3 Å². The van der Waals surface area contributed by atoms with Crippen LogP contribution in [-0.4, -0.2) is 12.4 Å². The molecule has 3 rings (SSSR count). The quantitative estimate of drug-likeness (QED) is 0.313. The van der Waals surface area contributed by atoms with Gasteiger partial charge in [-0.05, 0) is 110 Å². The molecule has 0 aromatic heterocycles. The van der Waals surface area contributed by atoms with E-state index in [0.717, 1.165) is 46.5 Å². The van der Waals surface area contributed by atoms with Crippen molar-refractivity contribution in [1.29, 1.82) is 0 Å². The minimum Gasteiger partial charge on any atom is -0.169 e. The maximum Gasteiger partial charge on any atom is 0.411 e. The molecule has 0 saturated heterocycles. The Hall–Kier alpha value is -2.76. The summed E-state index contributed by atoms with van der Waals surface area (Å²) in [4.78, 5) is 0. The molecule has 0 atom stereocenters. The van der Waals surface area contributed by atoms with Gasteiger partial charge >= 0.3 is 12.4 Å². The fourth-order valence-electron chi connectivity index (χ4n) is 4.73. The maximum atomic E-state index is 14.5. The predicted octanol–water partition coefficient (Wildman–Crippen LogP) is 8.73. The van der Waals surface area contributed by atoms with Gasteiger partial charge in [-0.3, -0.25) is 0 Å². The molecule has 0 amide bonds. The molecule has 0 spiro atoms. The van der Waals surface area contributed by atoms with Crippen LogP contribution in [0.1, 0.15) is 55.6 Å². The number of hydrogen-bond acceptors (Lipinski definition) is 0. The molecule has 0 unspecified atom stereocenters. The Kier molecular flexibility index (Phi) is 7.18. The van der Waals surface area contributed by atoms with Crippen molar-refractivity contribution in [1.82, 2.24) is 0 Å². The van der Waals surface area contributed by atoms with Gasteiger partial charge < -0.3 is 0 Å². The predicted molar refractivity (Wildman–Crippen MR) is 128 cm³/mol. The number of hydrogen-bond donors (Lipinski definition) is 0. The van der Waals surface area contributed by atoms with Gasteiger partial charge in [0.2, 0.25) is 5.41 Å². The molecule has 0 aliphatic carbocycles. The fourth-order valence-corrected chi connectivity index (χ4v) is 4.73. The van der Waals surface area contributed by atoms with Gasteiger partial charge in [0.05, 0.1) is 0 Å². The molecule has 3 aromatic rings. The molecule has 35 heavy (non-hydrogen) atoms. The smallest absolute Gasteiger partial charge is 0.169 e. The van der Waals surface area contributed by atoms with E-state index in [-0.39, 0.29) is 0 Å². The lowest BCUT2D eigenvalue weighted by atomic mass is 9.71. The second-order valence-corrected chi connectivity index (χ2v) is 9.55. The van der Waals surface area contributed by atoms with Crippen LogP contribution in [0, 0.1) is 41.5 Å². The van der Waals surface area contributed by atoms with Crippen molar-refractivity contribution in [3.05, 3.63) is 104 Å². The van der Waals surface area contributed by atoms with E-state index in [1.807, 2.05) is 20.8 Å². The van der Waals surface area contributed by atoms with Crippen LogP contribution in [0.25, 0.3) is 0 Å². The number of rotatable bonds is 5. The van der Waals surface area contributed by atoms with Gasteiger partial charge in [-0.1, -0.05) is 48.5 Å². The lowest BCUT2D eigenvalue weighted by molar-refractivity contribution is -0.288. The Morgan fingerprint density at radius 2 is 0.886 bits per heavy atom. The minimum absolute atomic E-state index is 0.373. The third kappa shape index (κ3) is 4.85. The molecule has 0 bridgehead atoms. The third-order valence-corrected chi connectivity index (χ3v) is 7.18. The number of alkyl halides is 6. The largest absolute Gasteiger partial charge is 0.411 e. The lowest BCUT2D eigenvalue weighted by Gasteiger charge is -2.39. The summed E-state index contributed by atoms with van der Waals surface area (Å²) in [5.74, 6) is 0. The first-order chi connectivity index (χ1) is 16.1. The maximum absolute atomic E-state index is 14.5. The molecule has 0 nitrogen and oxygen atoms in total. The van der Waals surface area contributed by atoms with Crippen LogP contribution in [-0.2, 0) is 18.3 Å². The topological polar surface area (TPSA) is 0 Å². The number of benzene rings is 3. The third-order valence-electron chi connectivity index (χ3n) is 7.18. The van der Waals surface area contributed by atoms with Crippen LogP contribution in [0.3, 0.4) is 0 Å². The van der Waals surface area contributed by atoms with Crippen LogP contribution >= 0.6 is 0 Å². The van der Waals surface area contributed by atoms with E-state index >= 15 is 0 Å². The van der Waals surface area contributed by atoms with Gasteiger partial charge in [0.1, 0.15) is 0 Å². The van der Waals surface area contributed by atoms with Gasteiger partial charge in [-0.15, -0.1) is 0 Å². The average molecular weight is 493 g/mol. The fraction of sp³-hybridized carbons (Fsp3) is 0.379. The molecule has 6 heteroatoms. The van der Waals surface area contributed by atoms with Crippen LogP contribution in [0.5, 0.6) is 0 Å². The summed E-state index contributed by atoms with van der Waals surface area (Å²) in [6, 6.07) is 10.9. The molecule has 0 aliphatic heterocycles. The second kappa shape index (κ2) is 9.36. The SMILES string of the molecule is Cc1ccc(C(c2ccc(CCc3cc(C)c(C)cc3C)c(C)c2)(C(F)(F)F)C(F)(F)F)cc1C. The summed E-state index contributed by atoms with van der Waals surface area (Å²) in [6.07, 6.45) is -10.0. The molecule has 0 aliphatic rings. The van der Waals surface area contributed by atoms with Crippen molar-refractivity contribution in [2.24, 2.45) is 0 Å². The highest BCUT2D eigenvalue weighted by molar-refractivity contribution is 5.49. The van der Waals surface area contributed by atoms with Crippen LogP contribution in [0.15, 0.2) is 48.5 Å². The number of aryl methyl sites for hydroxylation is 8. The van der Waals surface area contributed by atoms with Gasteiger partial charge in [0.15, 0.2) is 0 Å². The summed E-state index contributed by atoms with van der Waals surface area (Å²) in [6.45, 7) is 10.8. The van der Waals surface area contributed by atoms with Crippen molar-refractivity contribution < 1.29 is 26.3 Å². The summed E-state index contributed by atoms with van der Waals surface area (Å²) in [5.41, 5.74) is 0.930. The normalized spacial score (nSPS) is 12.8. The Morgan fingerprint density at radius 3 is 1.40 bits per heavy atom. The van der Waals surface area contributed by atoms with Crippen molar-refractivity contribution >= 4 is 0 Å². The van der Waals surface area contributed by atoms with E-state index in [0.29, 0.717) is 29.5 Å². The van der Waals surface area contributed by atoms with Crippen molar-refractivity contribution in [3.63, 3.8) is 0 Å². The summed E-state index contributed by atoms with van der Waals surface area (Å²) >= 11 is 0. The molecule has 0 saturated carbocycles. The standard InChI is InChI=1S/C29H30F6/c1-17-7-11-25(15-20(17)4)27(28(30,31)32,29(33,34)35)26-12-10-23(22(6)16-26)8-9-24-14-19(3)18(2)13-21(24)5/h7,10-16H,8-9H2,1-6H3. The first-order valence-corrected chi connectivity index (χ1v) is 11.5. The molecule has 0 heterocycles. The zero-order valence-corrected chi connectivity index (χ0v) is 20.8. The molecule has 3 aromatic carbocycles. The van der Waals surface area contributed by atoms with Crippen LogP contribution in [0.2, 0.25) is 0 Å². The highest BCUT2D eigenvalue weighted by atomic mass is 19.4. The molecule has 0 N–H and O–H groups in total. The Bertz CT molecular complexity index is 1220. The van der Waals surface area contributed by atoms with Crippen LogP contribution < -0.4 is 0 Å². The molecular formula is C29H30F6. The summed E-state index contributed by atoms with van der Waals surface area (Å²) < 4.78 is 86.8. The van der Waals surface area contributed by atoms with Crippen molar-refractivity contribution in [3.8, 4) is 0 Å². The lowest BCUT2D eigenvalue weighted by Crippen LogP contribution is -2.54. The Balaban J connectivity index is 2.10. The Morgan fingerprint density at radius 1 is 0.457 bits per heavy atom. The van der Waals surface area contributed by atoms with Gasteiger partial charge in [0, 0.05) is 0 Å². The number of halogens is 6. The second-order valence-electron chi connectivity index (χ2n) is 9.55. The monoisotopic (exact) mass is 492 g/mol. The van der Waals surface area contributed by atoms with Crippen molar-refractivity contribution in [2.45, 2.75) is 72.2 Å². The molecule has 188 valence electrons. The average Bonchev–Trinajstić information content (AvgIpc) is 2.71. The molecular weight excluding hydrogens is 462 g/mol. The summed E-state index contributed by atoms with van der Waals surface area (Å²) in [5, 5.41) is 0. The highest BCUT2D eigenvalue weighted by Gasteiger charge is 2.72. The zero-order valence-electron chi connectivity index (χ0n) is 20.8. The molecule has 0 radical (unpaired) electrons. The summed E-state index contributed by atoms with van der Waals surface area (Å²) in [7, 11) is 0. The van der Waals surface area contributed by atoms with E-state index < -0.39 is 28.9 Å². The minimum atomic E-state index is -5.59. The van der Waals surface area contributed by atoms with E-state index in [2.05, 4.69) is 12.1 Å². The zero-order chi connectivity index (χ0) is 26.3. The van der Waals surface area contributed by atoms with E-state index in [1.54, 1.807) is 13.8 Å². The Labute approximate surface area is 203 Å².